The molecule has 1 heterocycles. The summed E-state index contributed by atoms with van der Waals surface area (Å²) < 4.78 is 6.08. The quantitative estimate of drug-likeness (QED) is 0.898. The number of ether oxygens (including phenoxy) is 1. The van der Waals surface area contributed by atoms with Crippen molar-refractivity contribution in [3.8, 4) is 0 Å². The molecule has 1 aliphatic heterocycles. The molecule has 3 unspecified atom stereocenters. The van der Waals surface area contributed by atoms with E-state index in [9.17, 15) is 10.2 Å². The summed E-state index contributed by atoms with van der Waals surface area (Å²) in [5, 5.41) is 21.0. The predicted octanol–water partition coefficient (Wildman–Crippen LogP) is 3.21. The third kappa shape index (κ3) is 3.31. The second kappa shape index (κ2) is 6.47. The van der Waals surface area contributed by atoms with Crippen LogP contribution in [0.15, 0.2) is 30.3 Å². The fourth-order valence-corrected chi connectivity index (χ4v) is 4.01. The van der Waals surface area contributed by atoms with Gasteiger partial charge in [0.1, 0.15) is 6.10 Å². The molecular weight excluding hydrogens is 264 g/mol. The van der Waals surface area contributed by atoms with Crippen LogP contribution in [0, 0.1) is 5.92 Å². The average Bonchev–Trinajstić information content (AvgIpc) is 2.55. The van der Waals surface area contributed by atoms with Crippen molar-refractivity contribution in [1.29, 1.82) is 0 Å². The number of aliphatic hydroxyl groups is 2. The topological polar surface area (TPSA) is 49.7 Å². The normalized spacial score (nSPS) is 28.2. The maximum atomic E-state index is 10.6. The molecule has 21 heavy (non-hydrogen) atoms. The molecule has 1 saturated carbocycles. The van der Waals surface area contributed by atoms with Crippen LogP contribution in [0.3, 0.4) is 0 Å². The van der Waals surface area contributed by atoms with Crippen LogP contribution < -0.4 is 0 Å². The van der Waals surface area contributed by atoms with E-state index in [2.05, 4.69) is 0 Å². The predicted molar refractivity (Wildman–Crippen MR) is 81.9 cm³/mol. The highest BCUT2D eigenvalue weighted by atomic mass is 16.5. The van der Waals surface area contributed by atoms with E-state index in [1.54, 1.807) is 0 Å². The van der Waals surface area contributed by atoms with Crippen molar-refractivity contribution < 1.29 is 14.9 Å². The molecule has 1 aromatic rings. The van der Waals surface area contributed by atoms with Crippen LogP contribution in [-0.2, 0) is 4.74 Å². The second-order valence-corrected chi connectivity index (χ2v) is 6.69. The molecule has 0 amide bonds. The van der Waals surface area contributed by atoms with Gasteiger partial charge in [-0.2, -0.15) is 0 Å². The number of hydrogen-bond donors (Lipinski definition) is 2. The van der Waals surface area contributed by atoms with Crippen LogP contribution in [0.5, 0.6) is 0 Å². The fraction of sp³-hybridized carbons (Fsp3) is 0.667. The molecule has 116 valence electrons. The zero-order chi connectivity index (χ0) is 14.7. The van der Waals surface area contributed by atoms with Crippen molar-refractivity contribution in [2.75, 3.05) is 6.61 Å². The zero-order valence-electron chi connectivity index (χ0n) is 12.6. The van der Waals surface area contributed by atoms with Crippen LogP contribution >= 0.6 is 0 Å². The Balaban J connectivity index is 1.68. The summed E-state index contributed by atoms with van der Waals surface area (Å²) in [7, 11) is 0. The molecule has 3 heteroatoms. The molecule has 1 saturated heterocycles. The zero-order valence-corrected chi connectivity index (χ0v) is 12.6. The van der Waals surface area contributed by atoms with Crippen LogP contribution in [0.25, 0.3) is 0 Å². The highest BCUT2D eigenvalue weighted by molar-refractivity contribution is 5.18. The fourth-order valence-electron chi connectivity index (χ4n) is 4.01. The molecule has 0 radical (unpaired) electrons. The lowest BCUT2D eigenvalue weighted by Crippen LogP contribution is -2.45. The first-order chi connectivity index (χ1) is 10.2. The lowest BCUT2D eigenvalue weighted by Gasteiger charge is -2.45. The van der Waals surface area contributed by atoms with Gasteiger partial charge < -0.3 is 14.9 Å². The van der Waals surface area contributed by atoms with Gasteiger partial charge in [-0.15, -0.1) is 0 Å². The summed E-state index contributed by atoms with van der Waals surface area (Å²) in [6.07, 6.45) is 6.20. The van der Waals surface area contributed by atoms with E-state index in [1.807, 2.05) is 30.3 Å². The molecule has 2 aliphatic rings. The van der Waals surface area contributed by atoms with Gasteiger partial charge in [-0.3, -0.25) is 0 Å². The van der Waals surface area contributed by atoms with Crippen molar-refractivity contribution in [1.82, 2.24) is 0 Å². The minimum absolute atomic E-state index is 0.0292. The van der Waals surface area contributed by atoms with Gasteiger partial charge in [-0.25, -0.2) is 0 Å². The smallest absolute Gasteiger partial charge is 0.105 e. The molecule has 3 atom stereocenters. The van der Waals surface area contributed by atoms with E-state index in [4.69, 9.17) is 4.74 Å². The Labute approximate surface area is 127 Å². The Morgan fingerprint density at radius 2 is 1.76 bits per heavy atom. The summed E-state index contributed by atoms with van der Waals surface area (Å²) in [6.45, 7) is 0.712. The van der Waals surface area contributed by atoms with Gasteiger partial charge >= 0.3 is 0 Å². The largest absolute Gasteiger partial charge is 0.390 e. The standard InChI is InChI=1S/C18H26O3/c19-16(14-7-3-1-4-8-14)17(20)15-9-12-21-18(13-15)10-5-2-6-11-18/h1,3-4,7-8,15-17,19-20H,2,5-6,9-13H2. The molecule has 0 bridgehead atoms. The first-order valence-electron chi connectivity index (χ1n) is 8.25. The molecule has 0 aromatic heterocycles. The lowest BCUT2D eigenvalue weighted by atomic mass is 9.73. The Kier molecular flexibility index (Phi) is 4.63. The Hall–Kier alpha value is -0.900. The highest BCUT2D eigenvalue weighted by Gasteiger charge is 2.42. The maximum absolute atomic E-state index is 10.6. The summed E-state index contributed by atoms with van der Waals surface area (Å²) in [5.74, 6) is 0.132. The van der Waals surface area contributed by atoms with E-state index in [1.165, 1.54) is 19.3 Å². The van der Waals surface area contributed by atoms with Crippen molar-refractivity contribution in [3.05, 3.63) is 35.9 Å². The minimum Gasteiger partial charge on any atom is -0.390 e. The van der Waals surface area contributed by atoms with Crippen LogP contribution in [0.1, 0.15) is 56.6 Å². The van der Waals surface area contributed by atoms with E-state index in [0.717, 1.165) is 31.2 Å². The minimum atomic E-state index is -0.796. The average molecular weight is 290 g/mol. The number of hydrogen-bond acceptors (Lipinski definition) is 3. The van der Waals surface area contributed by atoms with Crippen LogP contribution in [-0.4, -0.2) is 28.5 Å². The summed E-state index contributed by atoms with van der Waals surface area (Å²) in [6, 6.07) is 9.48. The molecule has 2 fully saturated rings. The third-order valence-corrected chi connectivity index (χ3v) is 5.24. The van der Waals surface area contributed by atoms with Gasteiger partial charge in [0.25, 0.3) is 0 Å². The van der Waals surface area contributed by atoms with Crippen molar-refractivity contribution >= 4 is 0 Å². The van der Waals surface area contributed by atoms with Gasteiger partial charge in [0.2, 0.25) is 0 Å². The van der Waals surface area contributed by atoms with Crippen molar-refractivity contribution in [3.63, 3.8) is 0 Å². The van der Waals surface area contributed by atoms with E-state index in [-0.39, 0.29) is 11.5 Å². The van der Waals surface area contributed by atoms with E-state index < -0.39 is 12.2 Å². The Morgan fingerprint density at radius 3 is 2.48 bits per heavy atom. The van der Waals surface area contributed by atoms with Crippen molar-refractivity contribution in [2.45, 2.75) is 62.8 Å². The van der Waals surface area contributed by atoms with Crippen molar-refractivity contribution in [2.24, 2.45) is 5.92 Å². The Morgan fingerprint density at radius 1 is 1.05 bits per heavy atom. The SMILES string of the molecule is OC(c1ccccc1)C(O)C1CCOC2(CCCCC2)C1. The molecule has 2 N–H and O–H groups in total. The van der Waals surface area contributed by atoms with Gasteiger partial charge in [0.15, 0.2) is 0 Å². The van der Waals surface area contributed by atoms with Crippen LogP contribution in [0.4, 0.5) is 0 Å². The number of benzene rings is 1. The monoisotopic (exact) mass is 290 g/mol. The first kappa shape index (κ1) is 15.0. The number of rotatable bonds is 3. The first-order valence-corrected chi connectivity index (χ1v) is 8.25. The molecule has 3 nitrogen and oxygen atoms in total. The molecule has 3 rings (SSSR count). The molecule has 1 aromatic carbocycles. The van der Waals surface area contributed by atoms with Gasteiger partial charge in [0.05, 0.1) is 11.7 Å². The maximum Gasteiger partial charge on any atom is 0.105 e. The number of aliphatic hydroxyl groups excluding tert-OH is 2. The van der Waals surface area contributed by atoms with Gasteiger partial charge in [0, 0.05) is 6.61 Å². The second-order valence-electron chi connectivity index (χ2n) is 6.69. The van der Waals surface area contributed by atoms with Crippen LogP contribution in [0.2, 0.25) is 0 Å². The third-order valence-electron chi connectivity index (χ3n) is 5.24. The highest BCUT2D eigenvalue weighted by Crippen LogP contribution is 2.43. The van der Waals surface area contributed by atoms with Gasteiger partial charge in [-0.1, -0.05) is 49.6 Å². The summed E-state index contributed by atoms with van der Waals surface area (Å²) >= 11 is 0. The van der Waals surface area contributed by atoms with E-state index in [0.29, 0.717) is 6.61 Å². The summed E-state index contributed by atoms with van der Waals surface area (Å²) in [4.78, 5) is 0. The molecule has 1 aliphatic carbocycles. The molecular formula is C18H26O3. The van der Waals surface area contributed by atoms with Gasteiger partial charge in [-0.05, 0) is 37.2 Å². The lowest BCUT2D eigenvalue weighted by molar-refractivity contribution is -0.146. The Bertz CT molecular complexity index is 434. The molecule has 1 spiro atoms. The summed E-state index contributed by atoms with van der Waals surface area (Å²) in [5.41, 5.74) is 0.771. The van der Waals surface area contributed by atoms with E-state index >= 15 is 0 Å².